The van der Waals surface area contributed by atoms with Crippen LogP contribution in [0.15, 0.2) is 40.1 Å². The monoisotopic (exact) mass is 757 g/mol. The first-order valence-corrected chi connectivity index (χ1v) is 17.3. The number of aliphatic hydroxyl groups excluding tert-OH is 2. The second kappa shape index (κ2) is 15.3. The lowest BCUT2D eigenvalue weighted by Crippen LogP contribution is -2.36. The van der Waals surface area contributed by atoms with Gasteiger partial charge in [0, 0.05) is 17.0 Å². The molecule has 54 heavy (non-hydrogen) atoms. The molecule has 0 saturated carbocycles. The van der Waals surface area contributed by atoms with E-state index in [9.17, 15) is 47.7 Å². The third-order valence-corrected chi connectivity index (χ3v) is 9.67. The smallest absolute Gasteiger partial charge is 0.412 e. The molecule has 1 saturated heterocycles. The molecule has 18 heteroatoms. The van der Waals surface area contributed by atoms with Gasteiger partial charge in [0.05, 0.1) is 54.3 Å². The van der Waals surface area contributed by atoms with Crippen LogP contribution < -0.4 is 16.6 Å². The van der Waals surface area contributed by atoms with E-state index in [4.69, 9.17) is 14.2 Å². The highest BCUT2D eigenvalue weighted by atomic mass is 19.2. The largest absolute Gasteiger partial charge is 0.460 e. The number of aliphatic hydroxyl groups is 3. The summed E-state index contributed by atoms with van der Waals surface area (Å²) in [5, 5.41) is 33.1. The van der Waals surface area contributed by atoms with Crippen LogP contribution in [0.2, 0.25) is 0 Å². The number of unbranched alkanes of at least 4 members (excludes halogenated alkanes) is 2. The summed E-state index contributed by atoms with van der Waals surface area (Å²) in [6.45, 7) is 5.40. The van der Waals surface area contributed by atoms with Gasteiger partial charge in [-0.15, -0.1) is 0 Å². The van der Waals surface area contributed by atoms with Gasteiger partial charge < -0.3 is 34.1 Å². The number of ether oxygens (including phenoxy) is 3. The molecule has 15 nitrogen and oxygen atoms in total. The SMILES string of the molecule is CCCCCOC(=O)Nc1nc(=O)n([C@@H]2O[C@H](C)[C@@H](O)[C@H]2O)cc1F.CC[C@@]1(O)CC(=O)OCc2c1cc1n(c2=O)Cc2cc3cc(F)c(F)cc3nc2-1. The number of cyclic esters (lactones) is 1. The Kier molecular flexibility index (Phi) is 10.9. The molecular formula is C36H38F3N5O10. The van der Waals surface area contributed by atoms with Gasteiger partial charge in [-0.25, -0.2) is 27.7 Å². The number of hydrogen-bond donors (Lipinski definition) is 4. The molecule has 3 aromatic heterocycles. The zero-order valence-corrected chi connectivity index (χ0v) is 29.5. The van der Waals surface area contributed by atoms with Gasteiger partial charge in [0.15, 0.2) is 29.5 Å². The van der Waals surface area contributed by atoms with Crippen molar-refractivity contribution >= 4 is 28.8 Å². The van der Waals surface area contributed by atoms with Gasteiger partial charge >= 0.3 is 17.8 Å². The molecule has 1 fully saturated rings. The average molecular weight is 758 g/mol. The Labute approximate surface area is 304 Å². The highest BCUT2D eigenvalue weighted by Gasteiger charge is 2.42. The number of pyridine rings is 2. The van der Waals surface area contributed by atoms with Crippen LogP contribution in [0, 0.1) is 17.5 Å². The second-order valence-electron chi connectivity index (χ2n) is 13.3. The highest BCUT2D eigenvalue weighted by molar-refractivity contribution is 5.84. The van der Waals surface area contributed by atoms with Gasteiger partial charge in [0.2, 0.25) is 0 Å². The minimum Gasteiger partial charge on any atom is -0.460 e. The molecule has 7 rings (SSSR count). The number of rotatable bonds is 7. The Balaban J connectivity index is 0.000000187. The zero-order valence-electron chi connectivity index (χ0n) is 29.5. The lowest BCUT2D eigenvalue weighted by molar-refractivity contribution is -0.149. The van der Waals surface area contributed by atoms with Crippen molar-refractivity contribution in [2.45, 2.75) is 96.2 Å². The van der Waals surface area contributed by atoms with E-state index in [1.165, 1.54) is 11.5 Å². The summed E-state index contributed by atoms with van der Waals surface area (Å²) in [6.07, 6.45) is -2.28. The summed E-state index contributed by atoms with van der Waals surface area (Å²) >= 11 is 0. The number of fused-ring (bicyclic) bond motifs is 5. The van der Waals surface area contributed by atoms with Gasteiger partial charge in [0.1, 0.15) is 24.4 Å². The molecule has 0 aliphatic carbocycles. The fourth-order valence-corrected chi connectivity index (χ4v) is 6.60. The minimum atomic E-state index is -1.52. The summed E-state index contributed by atoms with van der Waals surface area (Å²) in [5.41, 5.74) is -0.366. The van der Waals surface area contributed by atoms with Crippen LogP contribution in [-0.4, -0.2) is 71.4 Å². The van der Waals surface area contributed by atoms with Crippen molar-refractivity contribution in [1.29, 1.82) is 0 Å². The van der Waals surface area contributed by atoms with Crippen molar-refractivity contribution in [2.75, 3.05) is 11.9 Å². The predicted molar refractivity (Wildman–Crippen MR) is 184 cm³/mol. The summed E-state index contributed by atoms with van der Waals surface area (Å²) in [5.74, 6) is -4.12. The van der Waals surface area contributed by atoms with E-state index in [1.54, 1.807) is 19.1 Å². The van der Waals surface area contributed by atoms with Crippen LogP contribution in [0.1, 0.15) is 75.8 Å². The quantitative estimate of drug-likeness (QED) is 0.139. The number of halogens is 3. The highest BCUT2D eigenvalue weighted by Crippen LogP contribution is 2.39. The molecule has 0 radical (unpaired) electrons. The average Bonchev–Trinajstić information content (AvgIpc) is 3.57. The van der Waals surface area contributed by atoms with E-state index >= 15 is 0 Å². The number of esters is 1. The van der Waals surface area contributed by atoms with Crippen molar-refractivity contribution in [1.82, 2.24) is 19.1 Å². The molecule has 288 valence electrons. The number of benzene rings is 1. The van der Waals surface area contributed by atoms with Crippen LogP contribution >= 0.6 is 0 Å². The third-order valence-electron chi connectivity index (χ3n) is 9.67. The number of carbonyl (C=O) groups excluding carboxylic acids is 2. The van der Waals surface area contributed by atoms with E-state index in [1.807, 2.05) is 6.92 Å². The van der Waals surface area contributed by atoms with Crippen molar-refractivity contribution < 1.29 is 52.3 Å². The maximum Gasteiger partial charge on any atom is 0.412 e. The lowest BCUT2D eigenvalue weighted by Gasteiger charge is -2.26. The van der Waals surface area contributed by atoms with E-state index in [0.29, 0.717) is 34.3 Å². The Bertz CT molecular complexity index is 2250. The minimum absolute atomic E-state index is 0.177. The first-order valence-electron chi connectivity index (χ1n) is 17.3. The fourth-order valence-electron chi connectivity index (χ4n) is 6.60. The summed E-state index contributed by atoms with van der Waals surface area (Å²) in [6, 6.07) is 5.44. The number of hydrogen-bond acceptors (Lipinski definition) is 12. The normalized spacial score (nSPS) is 22.7. The zero-order chi connectivity index (χ0) is 39.1. The number of nitrogens with one attached hydrogen (secondary N) is 1. The van der Waals surface area contributed by atoms with Crippen LogP contribution in [0.5, 0.6) is 0 Å². The van der Waals surface area contributed by atoms with Gasteiger partial charge in [-0.2, -0.15) is 4.98 Å². The molecule has 3 aliphatic heterocycles. The molecule has 4 N–H and O–H groups in total. The van der Waals surface area contributed by atoms with Gasteiger partial charge in [-0.1, -0.05) is 26.7 Å². The molecule has 1 amide bonds. The van der Waals surface area contributed by atoms with E-state index in [2.05, 4.69) is 15.3 Å². The topological polar surface area (TPSA) is 204 Å². The van der Waals surface area contributed by atoms with Gasteiger partial charge in [-0.05, 0) is 43.5 Å². The number of amides is 1. The van der Waals surface area contributed by atoms with Crippen molar-refractivity contribution in [3.05, 3.63) is 85.4 Å². The van der Waals surface area contributed by atoms with Crippen LogP contribution in [0.25, 0.3) is 22.3 Å². The maximum atomic E-state index is 14.1. The van der Waals surface area contributed by atoms with Gasteiger partial charge in [-0.3, -0.25) is 19.5 Å². The summed E-state index contributed by atoms with van der Waals surface area (Å²) in [7, 11) is 0. The van der Waals surface area contributed by atoms with Crippen molar-refractivity contribution in [3.8, 4) is 11.4 Å². The first-order chi connectivity index (χ1) is 25.6. The van der Waals surface area contributed by atoms with E-state index < -0.39 is 71.2 Å². The Morgan fingerprint density at radius 3 is 2.46 bits per heavy atom. The predicted octanol–water partition coefficient (Wildman–Crippen LogP) is 3.51. The number of anilines is 1. The Morgan fingerprint density at radius 1 is 1.04 bits per heavy atom. The van der Waals surface area contributed by atoms with Crippen molar-refractivity contribution in [3.63, 3.8) is 0 Å². The summed E-state index contributed by atoms with van der Waals surface area (Å²) in [4.78, 5) is 56.6. The van der Waals surface area contributed by atoms with E-state index in [0.717, 1.165) is 35.7 Å². The lowest BCUT2D eigenvalue weighted by atomic mass is 9.85. The molecule has 6 heterocycles. The number of carbonyl (C=O) groups is 2. The fraction of sp³-hybridized carbons (Fsp3) is 0.444. The summed E-state index contributed by atoms with van der Waals surface area (Å²) < 4.78 is 58.8. The molecule has 0 bridgehead atoms. The Hall–Kier alpha value is -5.17. The standard InChI is InChI=1S/C21H16F2N2O4.C15H22FN3O6/c1-2-21(28)7-18(26)29-9-12-13(21)5-17-19-11(8-25(17)20(12)27)3-10-4-14(22)15(23)6-16(10)24-19;1-3-4-5-6-24-15(23)18-12-9(16)7-19(14(22)17-12)13-11(21)10(20)8(2)25-13/h3-6,28H,2,7-9H2,1H3;7-8,10-11,13,20-21H,3-6H2,1-2H3,(H,17,18,22,23)/t21-;8-,10-,11-,13-/m11/s1. The van der Waals surface area contributed by atoms with Crippen LogP contribution in [-0.2, 0) is 37.8 Å². The molecule has 5 atom stereocenters. The van der Waals surface area contributed by atoms with Crippen LogP contribution in [0.3, 0.4) is 0 Å². The first kappa shape index (κ1) is 38.6. The number of aromatic nitrogens is 4. The molecule has 1 aromatic carbocycles. The molecule has 0 spiro atoms. The molecule has 4 aromatic rings. The molecular weight excluding hydrogens is 719 g/mol. The second-order valence-corrected chi connectivity index (χ2v) is 13.3. The van der Waals surface area contributed by atoms with Crippen LogP contribution in [0.4, 0.5) is 23.8 Å². The third kappa shape index (κ3) is 7.33. The van der Waals surface area contributed by atoms with E-state index in [-0.39, 0.29) is 49.2 Å². The van der Waals surface area contributed by atoms with Gasteiger partial charge in [0.25, 0.3) is 5.56 Å². The van der Waals surface area contributed by atoms with Crippen molar-refractivity contribution in [2.24, 2.45) is 0 Å². The maximum absolute atomic E-state index is 14.1. The number of nitrogens with zero attached hydrogens (tertiary/aromatic N) is 4. The molecule has 0 unspecified atom stereocenters. The Morgan fingerprint density at radius 2 is 1.78 bits per heavy atom. The molecule has 3 aliphatic rings.